The van der Waals surface area contributed by atoms with Crippen molar-refractivity contribution < 1.29 is 18.7 Å². The lowest BCUT2D eigenvalue weighted by molar-refractivity contribution is 0.0830. The second-order valence-corrected chi connectivity index (χ2v) is 8.15. The molecule has 164 valence electrons. The zero-order valence-corrected chi connectivity index (χ0v) is 17.5. The van der Waals surface area contributed by atoms with Crippen LogP contribution in [-0.2, 0) is 11.2 Å². The van der Waals surface area contributed by atoms with Crippen LogP contribution in [0.15, 0.2) is 42.5 Å². The van der Waals surface area contributed by atoms with Gasteiger partial charge in [-0.05, 0) is 80.7 Å². The minimum absolute atomic E-state index is 0.00875. The molecule has 2 aliphatic rings. The van der Waals surface area contributed by atoms with Gasteiger partial charge in [-0.25, -0.2) is 9.18 Å². The Kier molecular flexibility index (Phi) is 6.82. The molecule has 2 heterocycles. The van der Waals surface area contributed by atoms with Gasteiger partial charge in [-0.15, -0.1) is 0 Å². The molecule has 1 fully saturated rings. The van der Waals surface area contributed by atoms with Crippen LogP contribution in [0.4, 0.5) is 20.6 Å². The fraction of sp³-hybridized carbons (Fsp3) is 0.417. The first-order chi connectivity index (χ1) is 15.1. The number of benzene rings is 2. The molecule has 0 aliphatic carbocycles. The molecular formula is C24H28FN3O3. The molecule has 0 bridgehead atoms. The van der Waals surface area contributed by atoms with Crippen LogP contribution in [0.5, 0.6) is 0 Å². The highest BCUT2D eigenvalue weighted by molar-refractivity contribution is 5.97. The van der Waals surface area contributed by atoms with Gasteiger partial charge in [0.15, 0.2) is 5.78 Å². The summed E-state index contributed by atoms with van der Waals surface area (Å²) in [6, 6.07) is 11.6. The van der Waals surface area contributed by atoms with E-state index in [2.05, 4.69) is 15.5 Å². The molecule has 7 heteroatoms. The number of fused-ring (bicyclic) bond motifs is 1. The van der Waals surface area contributed by atoms with Crippen molar-refractivity contribution in [1.82, 2.24) is 4.90 Å². The van der Waals surface area contributed by atoms with E-state index in [4.69, 9.17) is 4.74 Å². The molecule has 6 nitrogen and oxygen atoms in total. The molecule has 0 spiro atoms. The van der Waals surface area contributed by atoms with Crippen LogP contribution >= 0.6 is 0 Å². The van der Waals surface area contributed by atoms with Crippen molar-refractivity contribution in [2.75, 3.05) is 43.4 Å². The Morgan fingerprint density at radius 2 is 1.90 bits per heavy atom. The SMILES string of the molecule is O=C(Nc1ccc2c(c1)NCC2)OCCCN1CCC(C(=O)c2ccc(F)cc2)CC1. The standard InChI is InChI=1S/C24H28FN3O3/c25-20-5-2-18(3-6-20)23(29)19-9-13-28(14-10-19)12-1-15-31-24(30)27-21-7-4-17-8-11-26-22(17)16-21/h2-7,16,19,26H,1,8-15H2,(H,27,30). The number of rotatable bonds is 7. The third-order valence-corrected chi connectivity index (χ3v) is 6.00. The first-order valence-corrected chi connectivity index (χ1v) is 10.9. The van der Waals surface area contributed by atoms with E-state index in [-0.39, 0.29) is 17.5 Å². The van der Waals surface area contributed by atoms with Crippen LogP contribution in [0.25, 0.3) is 0 Å². The zero-order chi connectivity index (χ0) is 21.6. The largest absolute Gasteiger partial charge is 0.449 e. The average molecular weight is 426 g/mol. The van der Waals surface area contributed by atoms with Crippen LogP contribution < -0.4 is 10.6 Å². The molecule has 0 atom stereocenters. The summed E-state index contributed by atoms with van der Waals surface area (Å²) in [5.41, 5.74) is 3.64. The Morgan fingerprint density at radius 1 is 1.13 bits per heavy atom. The Balaban J connectivity index is 1.12. The van der Waals surface area contributed by atoms with Crippen LogP contribution in [0.2, 0.25) is 0 Å². The summed E-state index contributed by atoms with van der Waals surface area (Å²) in [4.78, 5) is 26.9. The van der Waals surface area contributed by atoms with Gasteiger partial charge in [0.2, 0.25) is 0 Å². The third kappa shape index (κ3) is 5.61. The van der Waals surface area contributed by atoms with Gasteiger partial charge in [0.25, 0.3) is 0 Å². The van der Waals surface area contributed by atoms with Gasteiger partial charge >= 0.3 is 6.09 Å². The molecule has 2 aliphatic heterocycles. The van der Waals surface area contributed by atoms with Crippen molar-refractivity contribution >= 4 is 23.3 Å². The number of carbonyl (C=O) groups excluding carboxylic acids is 2. The van der Waals surface area contributed by atoms with E-state index < -0.39 is 6.09 Å². The van der Waals surface area contributed by atoms with E-state index in [9.17, 15) is 14.0 Å². The maximum Gasteiger partial charge on any atom is 0.411 e. The number of anilines is 2. The second-order valence-electron chi connectivity index (χ2n) is 8.15. The Bertz CT molecular complexity index is 924. The Morgan fingerprint density at radius 3 is 2.68 bits per heavy atom. The lowest BCUT2D eigenvalue weighted by Crippen LogP contribution is -2.37. The zero-order valence-electron chi connectivity index (χ0n) is 17.5. The first-order valence-electron chi connectivity index (χ1n) is 10.9. The van der Waals surface area contributed by atoms with Gasteiger partial charge in [0.05, 0.1) is 6.61 Å². The van der Waals surface area contributed by atoms with Crippen molar-refractivity contribution in [2.24, 2.45) is 5.92 Å². The van der Waals surface area contributed by atoms with E-state index in [1.165, 1.54) is 17.7 Å². The van der Waals surface area contributed by atoms with E-state index in [1.54, 1.807) is 12.1 Å². The molecule has 2 N–H and O–H groups in total. The summed E-state index contributed by atoms with van der Waals surface area (Å²) in [6.07, 6.45) is 2.91. The maximum absolute atomic E-state index is 13.0. The number of Topliss-reactive ketones (excluding diaryl/α,β-unsaturated/α-hetero) is 1. The van der Waals surface area contributed by atoms with E-state index in [0.29, 0.717) is 12.2 Å². The number of amides is 1. The molecule has 1 amide bonds. The fourth-order valence-electron chi connectivity index (χ4n) is 4.24. The van der Waals surface area contributed by atoms with E-state index >= 15 is 0 Å². The Hall–Kier alpha value is -2.93. The van der Waals surface area contributed by atoms with Gasteiger partial charge in [0, 0.05) is 35.9 Å². The van der Waals surface area contributed by atoms with Gasteiger partial charge < -0.3 is 15.0 Å². The number of nitrogens with zero attached hydrogens (tertiary/aromatic N) is 1. The highest BCUT2D eigenvalue weighted by Crippen LogP contribution is 2.26. The molecule has 2 aromatic rings. The van der Waals surface area contributed by atoms with Crippen LogP contribution in [0, 0.1) is 11.7 Å². The molecular weight excluding hydrogens is 397 g/mol. The summed E-state index contributed by atoms with van der Waals surface area (Å²) in [7, 11) is 0. The minimum Gasteiger partial charge on any atom is -0.449 e. The molecule has 0 aromatic heterocycles. The molecule has 0 saturated carbocycles. The third-order valence-electron chi connectivity index (χ3n) is 6.00. The molecule has 2 aromatic carbocycles. The number of halogens is 1. The molecule has 0 radical (unpaired) electrons. The average Bonchev–Trinajstić information content (AvgIpc) is 3.25. The quantitative estimate of drug-likeness (QED) is 0.511. The lowest BCUT2D eigenvalue weighted by atomic mass is 9.89. The molecule has 0 unspecified atom stereocenters. The number of hydrogen-bond acceptors (Lipinski definition) is 5. The van der Waals surface area contributed by atoms with Gasteiger partial charge in [-0.2, -0.15) is 0 Å². The van der Waals surface area contributed by atoms with E-state index in [0.717, 1.165) is 63.2 Å². The molecule has 4 rings (SSSR count). The van der Waals surface area contributed by atoms with Crippen molar-refractivity contribution in [3.63, 3.8) is 0 Å². The number of likely N-dealkylation sites (tertiary alicyclic amines) is 1. The number of carbonyl (C=O) groups is 2. The summed E-state index contributed by atoms with van der Waals surface area (Å²) in [5.74, 6) is -0.237. The lowest BCUT2D eigenvalue weighted by Gasteiger charge is -2.31. The van der Waals surface area contributed by atoms with Crippen LogP contribution in [-0.4, -0.2) is 49.6 Å². The molecule has 31 heavy (non-hydrogen) atoms. The number of nitrogens with one attached hydrogen (secondary N) is 2. The van der Waals surface area contributed by atoms with Crippen molar-refractivity contribution in [1.29, 1.82) is 0 Å². The van der Waals surface area contributed by atoms with Crippen molar-refractivity contribution in [3.8, 4) is 0 Å². The van der Waals surface area contributed by atoms with Gasteiger partial charge in [0.1, 0.15) is 5.82 Å². The summed E-state index contributed by atoms with van der Waals surface area (Å²) >= 11 is 0. The second kappa shape index (κ2) is 9.92. The summed E-state index contributed by atoms with van der Waals surface area (Å²) in [5, 5.41) is 6.06. The summed E-state index contributed by atoms with van der Waals surface area (Å²) < 4.78 is 18.3. The highest BCUT2D eigenvalue weighted by atomic mass is 19.1. The Labute approximate surface area is 181 Å². The topological polar surface area (TPSA) is 70.7 Å². The minimum atomic E-state index is -0.443. The molecule has 1 saturated heterocycles. The fourth-order valence-corrected chi connectivity index (χ4v) is 4.24. The number of ketones is 1. The predicted molar refractivity (Wildman–Crippen MR) is 118 cm³/mol. The van der Waals surface area contributed by atoms with Crippen molar-refractivity contribution in [2.45, 2.75) is 25.7 Å². The normalized spacial score (nSPS) is 16.4. The maximum atomic E-state index is 13.0. The number of piperidine rings is 1. The van der Waals surface area contributed by atoms with Gasteiger partial charge in [-0.3, -0.25) is 10.1 Å². The number of ether oxygens (including phenoxy) is 1. The number of hydrogen-bond donors (Lipinski definition) is 2. The van der Waals surface area contributed by atoms with E-state index in [1.807, 2.05) is 18.2 Å². The van der Waals surface area contributed by atoms with Crippen LogP contribution in [0.1, 0.15) is 35.2 Å². The summed E-state index contributed by atoms with van der Waals surface area (Å²) in [6.45, 7) is 3.79. The first kappa shape index (κ1) is 21.3. The smallest absolute Gasteiger partial charge is 0.411 e. The predicted octanol–water partition coefficient (Wildman–Crippen LogP) is 4.33. The van der Waals surface area contributed by atoms with Crippen LogP contribution in [0.3, 0.4) is 0 Å². The van der Waals surface area contributed by atoms with Crippen molar-refractivity contribution in [3.05, 3.63) is 59.4 Å². The highest BCUT2D eigenvalue weighted by Gasteiger charge is 2.25. The van der Waals surface area contributed by atoms with Gasteiger partial charge in [-0.1, -0.05) is 6.07 Å². The monoisotopic (exact) mass is 425 g/mol.